The van der Waals surface area contributed by atoms with Gasteiger partial charge in [-0.25, -0.2) is 0 Å². The molecule has 0 aromatic rings. The van der Waals surface area contributed by atoms with E-state index in [4.69, 9.17) is 0 Å². The van der Waals surface area contributed by atoms with E-state index >= 15 is 0 Å². The van der Waals surface area contributed by atoms with E-state index in [0.29, 0.717) is 0 Å². The van der Waals surface area contributed by atoms with Crippen molar-refractivity contribution in [2.45, 2.75) is 25.7 Å². The highest BCUT2D eigenvalue weighted by molar-refractivity contribution is 9.11. The molecule has 0 fully saturated rings. The van der Waals surface area contributed by atoms with E-state index in [2.05, 4.69) is 34.2 Å². The molecule has 0 heterocycles. The summed E-state index contributed by atoms with van der Waals surface area (Å²) >= 11 is 3.50. The monoisotopic (exact) mass is 186 g/mol. The van der Waals surface area contributed by atoms with Gasteiger partial charge in [-0.2, -0.15) is 0 Å². The van der Waals surface area contributed by atoms with Gasteiger partial charge in [0.2, 0.25) is 0 Å². The minimum Gasteiger partial charge on any atom is -0.0882 e. The highest BCUT2D eigenvalue weighted by atomic mass is 79.9. The fourth-order valence-electron chi connectivity index (χ4n) is 0.895. The third kappa shape index (κ3) is 2.85. The van der Waals surface area contributed by atoms with Gasteiger partial charge in [0, 0.05) is 0 Å². The van der Waals surface area contributed by atoms with Crippen LogP contribution in [0.2, 0.25) is 0 Å². The van der Waals surface area contributed by atoms with E-state index in [-0.39, 0.29) is 0 Å². The average Bonchev–Trinajstić information content (AvgIpc) is 1.79. The number of hydrogen-bond acceptors (Lipinski definition) is 0. The van der Waals surface area contributed by atoms with Crippen LogP contribution in [0.5, 0.6) is 0 Å². The van der Waals surface area contributed by atoms with Gasteiger partial charge in [0.05, 0.1) is 0 Å². The Morgan fingerprint density at radius 1 is 1.11 bits per heavy atom. The van der Waals surface area contributed by atoms with Crippen LogP contribution in [-0.2, 0) is 0 Å². The van der Waals surface area contributed by atoms with Crippen molar-refractivity contribution in [2.24, 2.45) is 0 Å². The first kappa shape index (κ1) is 7.07. The number of rotatable bonds is 0. The zero-order valence-corrected chi connectivity index (χ0v) is 7.02. The molecule has 1 heteroatoms. The summed E-state index contributed by atoms with van der Waals surface area (Å²) in [5, 5.41) is 0. The molecule has 1 aliphatic rings. The van der Waals surface area contributed by atoms with Crippen LogP contribution < -0.4 is 0 Å². The van der Waals surface area contributed by atoms with Crippen LogP contribution in [-0.4, -0.2) is 0 Å². The molecule has 1 rings (SSSR count). The van der Waals surface area contributed by atoms with Crippen LogP contribution in [0.15, 0.2) is 22.7 Å². The van der Waals surface area contributed by atoms with Crippen molar-refractivity contribution >= 4 is 15.9 Å². The third-order valence-corrected chi connectivity index (χ3v) is 2.14. The molecule has 0 amide bonds. The summed E-state index contributed by atoms with van der Waals surface area (Å²) in [4.78, 5) is 0. The Labute approximate surface area is 64.8 Å². The normalized spacial score (nSPS) is 29.7. The van der Waals surface area contributed by atoms with Crippen molar-refractivity contribution in [3.63, 3.8) is 0 Å². The maximum atomic E-state index is 3.50. The molecule has 0 unspecified atom stereocenters. The summed E-state index contributed by atoms with van der Waals surface area (Å²) in [5.74, 6) is 0. The fourth-order valence-corrected chi connectivity index (χ4v) is 1.35. The first-order valence-electron chi connectivity index (χ1n) is 3.39. The first-order chi connectivity index (χ1) is 4.39. The molecule has 0 aromatic heterocycles. The van der Waals surface area contributed by atoms with Gasteiger partial charge in [0.15, 0.2) is 0 Å². The zero-order valence-electron chi connectivity index (χ0n) is 5.44. The smallest absolute Gasteiger partial charge is 0.00860 e. The molecule has 50 valence electrons. The Balaban J connectivity index is 2.41. The van der Waals surface area contributed by atoms with Crippen LogP contribution in [0, 0.1) is 0 Å². The summed E-state index contributed by atoms with van der Waals surface area (Å²) < 4.78 is 1.37. The van der Waals surface area contributed by atoms with E-state index < -0.39 is 0 Å². The first-order valence-corrected chi connectivity index (χ1v) is 4.18. The topological polar surface area (TPSA) is 0 Å². The van der Waals surface area contributed by atoms with E-state index in [9.17, 15) is 0 Å². The molecule has 1 aliphatic carbocycles. The Bertz CT molecular complexity index is 134. The van der Waals surface area contributed by atoms with Crippen LogP contribution in [0.1, 0.15) is 25.7 Å². The Morgan fingerprint density at radius 3 is 2.78 bits per heavy atom. The van der Waals surface area contributed by atoms with Gasteiger partial charge in [0.25, 0.3) is 0 Å². The van der Waals surface area contributed by atoms with Crippen molar-refractivity contribution in [1.82, 2.24) is 0 Å². The molecule has 0 atom stereocenters. The minimum atomic E-state index is 1.18. The Hall–Kier alpha value is -0.0400. The van der Waals surface area contributed by atoms with E-state index in [1.54, 1.807) is 0 Å². The van der Waals surface area contributed by atoms with Gasteiger partial charge in [0.1, 0.15) is 0 Å². The van der Waals surface area contributed by atoms with Crippen LogP contribution in [0.3, 0.4) is 0 Å². The highest BCUT2D eigenvalue weighted by Gasteiger charge is 1.91. The largest absolute Gasteiger partial charge is 0.0882 e. The lowest BCUT2D eigenvalue weighted by atomic mass is 10.1. The lowest BCUT2D eigenvalue weighted by Crippen LogP contribution is -1.77. The number of allylic oxidation sites excluding steroid dienone is 4. The van der Waals surface area contributed by atoms with Gasteiger partial charge in [-0.1, -0.05) is 34.2 Å². The fraction of sp³-hybridized carbons (Fsp3) is 0.500. The molecule has 0 bridgehead atoms. The van der Waals surface area contributed by atoms with Crippen LogP contribution in [0.25, 0.3) is 0 Å². The van der Waals surface area contributed by atoms with Crippen molar-refractivity contribution in [3.8, 4) is 0 Å². The van der Waals surface area contributed by atoms with E-state index in [1.165, 1.54) is 30.2 Å². The minimum absolute atomic E-state index is 1.18. The molecule has 0 saturated heterocycles. The highest BCUT2D eigenvalue weighted by Crippen LogP contribution is 2.16. The lowest BCUT2D eigenvalue weighted by Gasteiger charge is -1.98. The second-order valence-electron chi connectivity index (χ2n) is 2.24. The molecule has 0 nitrogen and oxygen atoms in total. The molecular formula is C8H11Br. The molecular weight excluding hydrogens is 176 g/mol. The van der Waals surface area contributed by atoms with Gasteiger partial charge in [-0.3, -0.25) is 0 Å². The summed E-state index contributed by atoms with van der Waals surface area (Å²) in [6.45, 7) is 0. The number of halogens is 1. The zero-order chi connectivity index (χ0) is 6.53. The maximum absolute atomic E-state index is 3.50. The van der Waals surface area contributed by atoms with Crippen LogP contribution in [0.4, 0.5) is 0 Å². The second-order valence-corrected chi connectivity index (χ2v) is 3.26. The van der Waals surface area contributed by atoms with Crippen molar-refractivity contribution in [2.75, 3.05) is 0 Å². The van der Waals surface area contributed by atoms with Crippen molar-refractivity contribution < 1.29 is 0 Å². The Kier molecular flexibility index (Phi) is 3.05. The molecule has 0 saturated carbocycles. The van der Waals surface area contributed by atoms with Gasteiger partial charge in [-0.05, 0) is 30.2 Å². The predicted molar refractivity (Wildman–Crippen MR) is 44.6 cm³/mol. The quantitative estimate of drug-likeness (QED) is 0.510. The Morgan fingerprint density at radius 2 is 1.89 bits per heavy atom. The lowest BCUT2D eigenvalue weighted by molar-refractivity contribution is 0.954. The van der Waals surface area contributed by atoms with Crippen LogP contribution >= 0.6 is 15.9 Å². The molecule has 0 aliphatic heterocycles. The standard InChI is InChI=1S/C8H11Br/c9-8-6-4-2-1-3-5-7-8/h1-2,7H,3-6H2/b2-1-,8-7+. The van der Waals surface area contributed by atoms with Crippen molar-refractivity contribution in [3.05, 3.63) is 22.7 Å². The molecule has 0 radical (unpaired) electrons. The summed E-state index contributed by atoms with van der Waals surface area (Å²) in [6.07, 6.45) is 11.5. The maximum Gasteiger partial charge on any atom is -0.00860 e. The second kappa shape index (κ2) is 3.89. The van der Waals surface area contributed by atoms with E-state index in [1.807, 2.05) is 0 Å². The average molecular weight is 187 g/mol. The van der Waals surface area contributed by atoms with Gasteiger partial charge < -0.3 is 0 Å². The third-order valence-electron chi connectivity index (χ3n) is 1.42. The molecule has 0 N–H and O–H groups in total. The summed E-state index contributed by atoms with van der Waals surface area (Å²) in [5.41, 5.74) is 0. The molecule has 9 heavy (non-hydrogen) atoms. The van der Waals surface area contributed by atoms with E-state index in [0.717, 1.165) is 0 Å². The molecule has 0 spiro atoms. The summed E-state index contributed by atoms with van der Waals surface area (Å²) in [6, 6.07) is 0. The summed E-state index contributed by atoms with van der Waals surface area (Å²) in [7, 11) is 0. The van der Waals surface area contributed by atoms with Crippen molar-refractivity contribution in [1.29, 1.82) is 0 Å². The predicted octanol–water partition coefficient (Wildman–Crippen LogP) is 3.40. The SMILES string of the molecule is Br/C1=C/CC/C=C\CC1. The van der Waals surface area contributed by atoms with Gasteiger partial charge >= 0.3 is 0 Å². The number of hydrogen-bond donors (Lipinski definition) is 0. The van der Waals surface area contributed by atoms with Gasteiger partial charge in [-0.15, -0.1) is 0 Å². The molecule has 0 aromatic carbocycles.